The van der Waals surface area contributed by atoms with Gasteiger partial charge in [-0.3, -0.25) is 10.1 Å². The minimum Gasteiger partial charge on any atom is -0.268 e. The summed E-state index contributed by atoms with van der Waals surface area (Å²) in [5.41, 5.74) is 3.98. The molecule has 0 saturated carbocycles. The molecule has 1 N–H and O–H groups in total. The molecule has 3 aromatic rings. The average Bonchev–Trinajstić information content (AvgIpc) is 3.02. The molecule has 3 rings (SSSR count). The molecule has 0 amide bonds. The largest absolute Gasteiger partial charge is 0.268 e. The molecular formula is C11H10N6. The zero-order chi connectivity index (χ0) is 11.5. The lowest BCUT2D eigenvalue weighted by Crippen LogP contribution is -2.11. The van der Waals surface area contributed by atoms with Crippen molar-refractivity contribution < 1.29 is 0 Å². The molecule has 1 aromatic carbocycles. The van der Waals surface area contributed by atoms with Crippen molar-refractivity contribution in [3.63, 3.8) is 0 Å². The van der Waals surface area contributed by atoms with Crippen LogP contribution in [0.4, 0.5) is 5.95 Å². The molecule has 0 radical (unpaired) electrons. The van der Waals surface area contributed by atoms with Crippen molar-refractivity contribution in [3.05, 3.63) is 54.9 Å². The highest BCUT2D eigenvalue weighted by atomic mass is 15.6. The number of nitrogens with zero attached hydrogens (tertiary/aromatic N) is 5. The molecule has 0 aliphatic heterocycles. The molecule has 0 aliphatic rings. The van der Waals surface area contributed by atoms with E-state index in [4.69, 9.17) is 0 Å². The van der Waals surface area contributed by atoms with Crippen LogP contribution in [0.3, 0.4) is 0 Å². The van der Waals surface area contributed by atoms with Crippen molar-refractivity contribution in [2.24, 2.45) is 0 Å². The van der Waals surface area contributed by atoms with Crippen molar-refractivity contribution in [1.29, 1.82) is 0 Å². The van der Waals surface area contributed by atoms with Gasteiger partial charge in [0.05, 0.1) is 5.69 Å². The fourth-order valence-corrected chi connectivity index (χ4v) is 1.52. The number of anilines is 1. The van der Waals surface area contributed by atoms with Crippen LogP contribution in [0.15, 0.2) is 54.9 Å². The second-order valence-corrected chi connectivity index (χ2v) is 3.45. The van der Waals surface area contributed by atoms with Crippen LogP contribution in [0.1, 0.15) is 0 Å². The third kappa shape index (κ3) is 1.87. The van der Waals surface area contributed by atoms with Gasteiger partial charge in [-0.2, -0.15) is 4.68 Å². The Morgan fingerprint density at radius 1 is 0.941 bits per heavy atom. The first-order valence-corrected chi connectivity index (χ1v) is 5.17. The van der Waals surface area contributed by atoms with Gasteiger partial charge in [0.1, 0.15) is 0 Å². The Labute approximate surface area is 97.5 Å². The summed E-state index contributed by atoms with van der Waals surface area (Å²) in [4.78, 5) is 0. The first-order valence-electron chi connectivity index (χ1n) is 5.17. The van der Waals surface area contributed by atoms with Gasteiger partial charge in [0.25, 0.3) is 5.95 Å². The van der Waals surface area contributed by atoms with Crippen LogP contribution in [-0.4, -0.2) is 24.9 Å². The average molecular weight is 226 g/mol. The lowest BCUT2D eigenvalue weighted by atomic mass is 10.3. The predicted molar refractivity (Wildman–Crippen MR) is 62.6 cm³/mol. The molecule has 0 unspecified atom stereocenters. The molecule has 0 saturated heterocycles. The molecule has 84 valence electrons. The third-order valence-corrected chi connectivity index (χ3v) is 2.30. The van der Waals surface area contributed by atoms with E-state index < -0.39 is 0 Å². The first-order chi connectivity index (χ1) is 8.43. The molecule has 0 bridgehead atoms. The monoisotopic (exact) mass is 226 g/mol. The van der Waals surface area contributed by atoms with Crippen molar-refractivity contribution in [2.45, 2.75) is 0 Å². The normalized spacial score (nSPS) is 10.4. The number of tetrazole rings is 1. The van der Waals surface area contributed by atoms with Gasteiger partial charge in [-0.25, -0.2) is 0 Å². The van der Waals surface area contributed by atoms with E-state index in [1.165, 1.54) is 0 Å². The lowest BCUT2D eigenvalue weighted by Gasteiger charge is -2.07. The summed E-state index contributed by atoms with van der Waals surface area (Å²) in [5, 5.41) is 11.6. The van der Waals surface area contributed by atoms with Gasteiger partial charge in [-0.15, -0.1) is 0 Å². The molecule has 0 spiro atoms. The zero-order valence-electron chi connectivity index (χ0n) is 8.93. The topological polar surface area (TPSA) is 60.6 Å². The van der Waals surface area contributed by atoms with Gasteiger partial charge >= 0.3 is 0 Å². The molecular weight excluding hydrogens is 216 g/mol. The number of hydrogen-bond acceptors (Lipinski definition) is 4. The Bertz CT molecular complexity index is 583. The maximum Gasteiger partial charge on any atom is 0.266 e. The fourth-order valence-electron chi connectivity index (χ4n) is 1.52. The molecule has 6 nitrogen and oxygen atoms in total. The lowest BCUT2D eigenvalue weighted by molar-refractivity contribution is 0.785. The van der Waals surface area contributed by atoms with Crippen LogP contribution in [0.25, 0.3) is 5.69 Å². The van der Waals surface area contributed by atoms with Crippen LogP contribution in [-0.2, 0) is 0 Å². The summed E-state index contributed by atoms with van der Waals surface area (Å²) in [6.07, 6.45) is 3.76. The molecule has 2 aromatic heterocycles. The Kier molecular flexibility index (Phi) is 2.31. The van der Waals surface area contributed by atoms with Gasteiger partial charge in [0.2, 0.25) is 0 Å². The van der Waals surface area contributed by atoms with E-state index in [0.717, 1.165) is 5.69 Å². The summed E-state index contributed by atoms with van der Waals surface area (Å²) in [6.45, 7) is 0. The number of benzene rings is 1. The van der Waals surface area contributed by atoms with Crippen LogP contribution in [0.5, 0.6) is 0 Å². The maximum absolute atomic E-state index is 3.95. The van der Waals surface area contributed by atoms with E-state index in [9.17, 15) is 0 Å². The van der Waals surface area contributed by atoms with Gasteiger partial charge in [-0.05, 0) is 34.7 Å². The summed E-state index contributed by atoms with van der Waals surface area (Å²) < 4.78 is 3.42. The number of para-hydroxylation sites is 1. The van der Waals surface area contributed by atoms with E-state index in [0.29, 0.717) is 5.95 Å². The third-order valence-electron chi connectivity index (χ3n) is 2.30. The van der Waals surface area contributed by atoms with Crippen LogP contribution in [0.2, 0.25) is 0 Å². The molecule has 0 atom stereocenters. The highest BCUT2D eigenvalue weighted by molar-refractivity contribution is 5.38. The molecule has 6 heteroatoms. The fraction of sp³-hybridized carbons (Fsp3) is 0. The predicted octanol–water partition coefficient (Wildman–Crippen LogP) is 1.34. The molecule has 0 aliphatic carbocycles. The second-order valence-electron chi connectivity index (χ2n) is 3.45. The zero-order valence-corrected chi connectivity index (χ0v) is 8.93. The maximum atomic E-state index is 3.95. The highest BCUT2D eigenvalue weighted by Gasteiger charge is 2.06. The van der Waals surface area contributed by atoms with Crippen LogP contribution in [0, 0.1) is 0 Å². The number of aromatic nitrogens is 5. The van der Waals surface area contributed by atoms with Crippen molar-refractivity contribution in [1.82, 2.24) is 24.9 Å². The van der Waals surface area contributed by atoms with E-state index >= 15 is 0 Å². The van der Waals surface area contributed by atoms with Crippen LogP contribution >= 0.6 is 0 Å². The number of hydrogen-bond donors (Lipinski definition) is 1. The Morgan fingerprint density at radius 3 is 2.47 bits per heavy atom. The number of rotatable bonds is 3. The number of nitrogens with one attached hydrogen (secondary N) is 1. The molecule has 0 fully saturated rings. The summed E-state index contributed by atoms with van der Waals surface area (Å²) in [7, 11) is 0. The van der Waals surface area contributed by atoms with Gasteiger partial charge < -0.3 is 0 Å². The highest BCUT2D eigenvalue weighted by Crippen LogP contribution is 2.10. The Balaban J connectivity index is 1.95. The van der Waals surface area contributed by atoms with Gasteiger partial charge in [-0.1, -0.05) is 23.3 Å². The standard InChI is InChI=1S/C11H10N6/c1-2-6-10(7-3-1)17-11(12-14-15-17)13-16-8-4-5-9-16/h1-9H,(H,12,13,15). The van der Waals surface area contributed by atoms with Crippen molar-refractivity contribution in [2.75, 3.05) is 5.43 Å². The smallest absolute Gasteiger partial charge is 0.266 e. The van der Waals surface area contributed by atoms with Crippen LogP contribution < -0.4 is 5.43 Å². The SMILES string of the molecule is c1ccc(-n2nnnc2Nn2cccc2)cc1. The summed E-state index contributed by atoms with van der Waals surface area (Å²) in [5.74, 6) is 0.562. The van der Waals surface area contributed by atoms with E-state index in [1.54, 1.807) is 9.36 Å². The van der Waals surface area contributed by atoms with Gasteiger partial charge in [0.15, 0.2) is 0 Å². The Hall–Kier alpha value is -2.63. The van der Waals surface area contributed by atoms with E-state index in [2.05, 4.69) is 21.0 Å². The minimum absolute atomic E-state index is 0.562. The molecule has 17 heavy (non-hydrogen) atoms. The quantitative estimate of drug-likeness (QED) is 0.732. The minimum atomic E-state index is 0.562. The Morgan fingerprint density at radius 2 is 1.71 bits per heavy atom. The van der Waals surface area contributed by atoms with Crippen molar-refractivity contribution >= 4 is 5.95 Å². The second kappa shape index (κ2) is 4.09. The van der Waals surface area contributed by atoms with E-state index in [-0.39, 0.29) is 0 Å². The summed E-state index contributed by atoms with van der Waals surface area (Å²) >= 11 is 0. The summed E-state index contributed by atoms with van der Waals surface area (Å²) in [6, 6.07) is 13.6. The first kappa shape index (κ1) is 9.59. The van der Waals surface area contributed by atoms with E-state index in [1.807, 2.05) is 54.9 Å². The van der Waals surface area contributed by atoms with Crippen molar-refractivity contribution in [3.8, 4) is 5.69 Å². The van der Waals surface area contributed by atoms with Gasteiger partial charge in [0, 0.05) is 12.4 Å². The molecule has 2 heterocycles.